The lowest BCUT2D eigenvalue weighted by atomic mass is 30.7. The topological polar surface area (TPSA) is 0 Å². The molecule has 0 bridgehead atoms. The van der Waals surface area contributed by atoms with Crippen LogP contribution in [0.1, 0.15) is 0 Å². The van der Waals surface area contributed by atoms with Gasteiger partial charge in [0.05, 0.1) is 0 Å². The molecule has 0 aromatic carbocycles. The Morgan fingerprint density at radius 2 is 0.276 bits per heavy atom. The molecule has 0 spiro atoms. The molecule has 0 heterocycles. The smallest absolute Gasteiger partial charge is 0 e. The van der Waals surface area contributed by atoms with E-state index >= 15 is 0 Å². The summed E-state index contributed by atoms with van der Waals surface area (Å²) in [7, 11) is 47.3. The van der Waals surface area contributed by atoms with E-state index in [1.807, 2.05) is 97.7 Å². The van der Waals surface area contributed by atoms with Crippen LogP contribution >= 0.6 is 0 Å². The summed E-state index contributed by atoms with van der Waals surface area (Å²) < 4.78 is 0. The maximum atomic E-state index is 4.78. The minimum absolute atomic E-state index is 1.37. The van der Waals surface area contributed by atoms with Gasteiger partial charge in [-0.1, -0.05) is 0 Å². The van der Waals surface area contributed by atoms with E-state index < -0.39 is 0 Å². The largest absolute Gasteiger partial charge is 0 e. The van der Waals surface area contributed by atoms with Crippen molar-refractivity contribution in [3.05, 3.63) is 0 Å². The molecule has 0 nitrogen and oxygen atoms in total. The minimum atomic E-state index is 1.37. The summed E-state index contributed by atoms with van der Waals surface area (Å²) in [5, 5.41) is 0. The van der Waals surface area contributed by atoms with E-state index in [2.05, 4.69) is 0 Å². The number of hydrogen-bond donors (Lipinski definition) is 0. The van der Waals surface area contributed by atoms with Crippen molar-refractivity contribution in [2.45, 2.75) is 0 Å². The Bertz CT molecular complexity index is 1580. The Morgan fingerprint density at radius 1 is 0.172 bits per heavy atom. The van der Waals surface area contributed by atoms with Crippen molar-refractivity contribution in [1.29, 1.82) is 0 Å². The zero-order chi connectivity index (χ0) is 21.1. The van der Waals surface area contributed by atoms with Crippen LogP contribution in [-0.2, 0) is 262 Å². The van der Waals surface area contributed by atoms with Gasteiger partial charge < -0.3 is 0 Å². The summed E-state index contributed by atoms with van der Waals surface area (Å²) in [5.41, 5.74) is 0. The highest BCUT2D eigenvalue weighted by Crippen LogP contribution is 1.43. The van der Waals surface area contributed by atoms with Crippen molar-refractivity contribution in [3.8, 4) is 0 Å². The van der Waals surface area contributed by atoms with Crippen molar-refractivity contribution in [3.63, 3.8) is 0 Å². The summed E-state index contributed by atoms with van der Waals surface area (Å²) >= 11 is 9.57. The third-order valence-electron chi connectivity index (χ3n) is 0.722. The SMILES string of the molecule is S=S=S=S=S=S=S=S=S=S=S=S=S=S=S=S=S=S=S=S=S=S=S=S=S=S=S=S=S. The average Bonchev–Trinajstić information content (AvgIpc) is 2.74. The molecule has 174 valence electrons. The van der Waals surface area contributed by atoms with Crippen molar-refractivity contribution < 1.29 is 0 Å². The van der Waals surface area contributed by atoms with Gasteiger partial charge in [0, 0.05) is 262 Å². The second kappa shape index (κ2) is 34.4. The molecule has 0 unspecified atom stereocenters. The van der Waals surface area contributed by atoms with E-state index in [1.54, 1.807) is 124 Å². The van der Waals surface area contributed by atoms with Gasteiger partial charge in [0.1, 0.15) is 0 Å². The molecule has 0 aliphatic rings. The predicted octanol–water partition coefficient (Wildman–Crippen LogP) is -0.0696. The maximum absolute atomic E-state index is 4.78. The van der Waals surface area contributed by atoms with Crippen molar-refractivity contribution in [2.75, 3.05) is 0 Å². The van der Waals surface area contributed by atoms with E-state index in [0.717, 1.165) is 0 Å². The Balaban J connectivity index is 5.93. The van der Waals surface area contributed by atoms with Crippen LogP contribution in [-0.4, -0.2) is 0 Å². The molecule has 0 rings (SSSR count). The van der Waals surface area contributed by atoms with Gasteiger partial charge in [-0.3, -0.25) is 0 Å². The minimum Gasteiger partial charge on any atom is 0 e. The maximum Gasteiger partial charge on any atom is 0 e. The normalized spacial score (nSPS) is 7.59. The van der Waals surface area contributed by atoms with Gasteiger partial charge in [-0.15, -0.1) is 0 Å². The lowest BCUT2D eigenvalue weighted by Crippen LogP contribution is -1.41. The van der Waals surface area contributed by atoms with Crippen molar-refractivity contribution >= 4 is 262 Å². The fraction of sp³-hybridized carbons (Fsp3) is 0. The first-order valence-electron chi connectivity index (χ1n) is 4.67. The molecule has 0 aromatic heterocycles. The van der Waals surface area contributed by atoms with Crippen LogP contribution in [0.3, 0.4) is 0 Å². The molecule has 0 saturated carbocycles. The van der Waals surface area contributed by atoms with E-state index in [4.69, 9.17) is 22.4 Å². The van der Waals surface area contributed by atoms with Gasteiger partial charge >= 0.3 is 0 Å². The van der Waals surface area contributed by atoms with Crippen molar-refractivity contribution in [1.82, 2.24) is 0 Å². The zero-order valence-corrected chi connectivity index (χ0v) is 35.5. The molecular weight excluding hydrogens is 930 g/mol. The molecule has 0 fully saturated rings. The third kappa shape index (κ3) is 34.4. The molecule has 0 aromatic rings. The first-order chi connectivity index (χ1) is 14.4. The molecular formula is S29. The molecule has 0 atom stereocenters. The Hall–Kier alpha value is 6.38. The standard InChI is InChI=1S/S29/c1-3-5-7-9-11-13-15-17-19-21-23-25-27-29-28-26-24-22-20-18-16-14-12-10-8-6-4-2. The third-order valence-corrected chi connectivity index (χ3v) is 58.5. The predicted molar refractivity (Wildman–Crippen MR) is 214 cm³/mol. The van der Waals surface area contributed by atoms with E-state index in [1.165, 1.54) is 17.8 Å². The van der Waals surface area contributed by atoms with Gasteiger partial charge in [0.15, 0.2) is 0 Å². The van der Waals surface area contributed by atoms with Gasteiger partial charge in [-0.05, 0) is 0 Å². The van der Waals surface area contributed by atoms with Crippen molar-refractivity contribution in [2.24, 2.45) is 0 Å². The number of rotatable bonds is 0. The molecule has 0 N–H and O–H groups in total. The Labute approximate surface area is 255 Å². The Morgan fingerprint density at radius 3 is 0.379 bits per heavy atom. The fourth-order valence-electron chi connectivity index (χ4n) is 0.284. The highest BCUT2D eigenvalue weighted by Gasteiger charge is 1.43. The lowest BCUT2D eigenvalue weighted by Gasteiger charge is -1.41. The van der Waals surface area contributed by atoms with Crippen LogP contribution in [0.2, 0.25) is 0 Å². The van der Waals surface area contributed by atoms with Crippen LogP contribution in [0, 0.1) is 0 Å². The van der Waals surface area contributed by atoms with E-state index in [-0.39, 0.29) is 0 Å². The quantitative estimate of drug-likeness (QED) is 0.335. The fourth-order valence-corrected chi connectivity index (χ4v) is 68.9. The summed E-state index contributed by atoms with van der Waals surface area (Å²) in [6.07, 6.45) is 0. The van der Waals surface area contributed by atoms with E-state index in [0.29, 0.717) is 0 Å². The molecule has 0 aliphatic heterocycles. The number of hydrogen-bond acceptors (Lipinski definition) is 2. The molecule has 0 aliphatic carbocycles. The van der Waals surface area contributed by atoms with Crippen LogP contribution < -0.4 is 0 Å². The second-order valence-corrected chi connectivity index (χ2v) is 49.6. The molecule has 29 heteroatoms. The summed E-state index contributed by atoms with van der Waals surface area (Å²) in [6.45, 7) is 0. The van der Waals surface area contributed by atoms with Gasteiger partial charge in [0.2, 0.25) is 0 Å². The first-order valence-corrected chi connectivity index (χ1v) is 42.0. The second-order valence-electron chi connectivity index (χ2n) is 1.84. The zero-order valence-electron chi connectivity index (χ0n) is 11.8. The van der Waals surface area contributed by atoms with E-state index in [9.17, 15) is 0 Å². The first kappa shape index (κ1) is 35.4. The summed E-state index contributed by atoms with van der Waals surface area (Å²) in [4.78, 5) is 0. The van der Waals surface area contributed by atoms with Crippen LogP contribution in [0.25, 0.3) is 0 Å². The van der Waals surface area contributed by atoms with Gasteiger partial charge in [0.25, 0.3) is 0 Å². The summed E-state index contributed by atoms with van der Waals surface area (Å²) in [5.74, 6) is 0. The molecule has 0 amide bonds. The molecule has 29 heavy (non-hydrogen) atoms. The molecule has 0 radical (unpaired) electrons. The van der Waals surface area contributed by atoms with Crippen LogP contribution in [0.15, 0.2) is 0 Å². The van der Waals surface area contributed by atoms with Gasteiger partial charge in [-0.25, -0.2) is 0 Å². The average molecular weight is 930 g/mol. The monoisotopic (exact) mass is 927 g/mol. The van der Waals surface area contributed by atoms with Crippen LogP contribution in [0.4, 0.5) is 0 Å². The lowest BCUT2D eigenvalue weighted by molar-refractivity contribution is 5.96. The molecule has 0 saturated heterocycles. The Kier molecular flexibility index (Phi) is 41.9. The highest BCUT2D eigenvalue weighted by atomic mass is 33.5. The summed E-state index contributed by atoms with van der Waals surface area (Å²) in [6, 6.07) is 0. The van der Waals surface area contributed by atoms with Gasteiger partial charge in [-0.2, -0.15) is 0 Å². The highest BCUT2D eigenvalue weighted by molar-refractivity contribution is 8.79. The van der Waals surface area contributed by atoms with Crippen LogP contribution in [0.5, 0.6) is 0 Å².